The normalized spacial score (nSPS) is 12.9. The molecule has 30 heavy (non-hydrogen) atoms. The van der Waals surface area contributed by atoms with E-state index in [1.54, 1.807) is 0 Å². The fourth-order valence-corrected chi connectivity index (χ4v) is 4.41. The van der Waals surface area contributed by atoms with E-state index in [9.17, 15) is 19.8 Å². The van der Waals surface area contributed by atoms with Crippen molar-refractivity contribution in [2.24, 2.45) is 0 Å². The Labute approximate surface area is 180 Å². The number of carboxylic acid groups (broad SMARTS) is 1. The Morgan fingerprint density at radius 3 is 2.67 bits per heavy atom. The van der Waals surface area contributed by atoms with Crippen LogP contribution < -0.4 is 5.56 Å². The molecule has 0 radical (unpaired) electrons. The molecule has 1 aliphatic rings. The summed E-state index contributed by atoms with van der Waals surface area (Å²) in [5, 5.41) is 21.0. The highest BCUT2D eigenvalue weighted by Gasteiger charge is 2.28. The predicted molar refractivity (Wildman–Crippen MR) is 119 cm³/mol. The topological polar surface area (TPSA) is 98.6 Å². The highest BCUT2D eigenvalue weighted by molar-refractivity contribution is 6.00. The van der Waals surface area contributed by atoms with Crippen LogP contribution in [0.3, 0.4) is 0 Å². The second-order valence-electron chi connectivity index (χ2n) is 7.84. The van der Waals surface area contributed by atoms with E-state index in [-0.39, 0.29) is 12.4 Å². The third kappa shape index (κ3) is 3.59. The summed E-state index contributed by atoms with van der Waals surface area (Å²) in [6, 6.07) is 8.05. The first-order valence-corrected chi connectivity index (χ1v) is 9.86. The molecule has 8 heteroatoms. The summed E-state index contributed by atoms with van der Waals surface area (Å²) in [6.45, 7) is 1.82. The zero-order chi connectivity index (χ0) is 20.7. The Morgan fingerprint density at radius 2 is 1.97 bits per heavy atom. The molecule has 0 fully saturated rings. The van der Waals surface area contributed by atoms with Crippen molar-refractivity contribution in [1.82, 2.24) is 14.5 Å². The molecule has 0 spiro atoms. The van der Waals surface area contributed by atoms with Gasteiger partial charge in [-0.15, -0.1) is 12.4 Å². The van der Waals surface area contributed by atoms with Gasteiger partial charge in [-0.25, -0.2) is 4.79 Å². The molecule has 7 nitrogen and oxygen atoms in total. The number of hydrogen-bond acceptors (Lipinski definition) is 4. The Hall–Kier alpha value is -2.77. The lowest BCUT2D eigenvalue weighted by Crippen LogP contribution is -2.20. The monoisotopic (exact) mass is 431 g/mol. The van der Waals surface area contributed by atoms with Crippen molar-refractivity contribution in [3.63, 3.8) is 0 Å². The average molecular weight is 432 g/mol. The molecule has 0 atom stereocenters. The van der Waals surface area contributed by atoms with E-state index >= 15 is 0 Å². The number of carboxylic acids is 1. The second kappa shape index (κ2) is 8.53. The van der Waals surface area contributed by atoms with Crippen LogP contribution >= 0.6 is 12.4 Å². The van der Waals surface area contributed by atoms with Gasteiger partial charge in [-0.2, -0.15) is 0 Å². The van der Waals surface area contributed by atoms with Crippen molar-refractivity contribution in [1.29, 1.82) is 0 Å². The number of H-pyrrole nitrogens is 1. The number of aromatic amines is 1. The average Bonchev–Trinajstić information content (AvgIpc) is 2.83. The summed E-state index contributed by atoms with van der Waals surface area (Å²) in [5.41, 5.74) is 2.83. The van der Waals surface area contributed by atoms with Gasteiger partial charge in [0.2, 0.25) is 0 Å². The predicted octanol–water partition coefficient (Wildman–Crippen LogP) is 3.26. The Balaban J connectivity index is 0.00000256. The van der Waals surface area contributed by atoms with Crippen LogP contribution in [-0.4, -0.2) is 51.3 Å². The van der Waals surface area contributed by atoms with Crippen molar-refractivity contribution in [3.8, 4) is 17.0 Å². The Kier molecular flexibility index (Phi) is 6.24. The largest absolute Gasteiger partial charge is 0.506 e. The molecule has 3 aromatic rings. The fourth-order valence-electron chi connectivity index (χ4n) is 4.41. The fraction of sp³-hybridized carbons (Fsp3) is 0.364. The third-order valence-corrected chi connectivity index (χ3v) is 5.66. The molecule has 0 bridgehead atoms. The maximum Gasteiger partial charge on any atom is 0.345 e. The van der Waals surface area contributed by atoms with Crippen LogP contribution in [0, 0.1) is 0 Å². The minimum Gasteiger partial charge on any atom is -0.506 e. The quantitative estimate of drug-likeness (QED) is 0.576. The molecule has 1 aliphatic carbocycles. The second-order valence-corrected chi connectivity index (χ2v) is 7.84. The molecule has 2 aromatic heterocycles. The number of fused-ring (bicyclic) bond motifs is 5. The Bertz CT molecular complexity index is 1160. The number of para-hydroxylation sites is 1. The first kappa shape index (κ1) is 21.9. The number of nitrogens with one attached hydrogen (secondary N) is 1. The van der Waals surface area contributed by atoms with E-state index in [1.165, 1.54) is 0 Å². The summed E-state index contributed by atoms with van der Waals surface area (Å²) in [5.74, 6) is -1.82. The first-order chi connectivity index (χ1) is 13.9. The molecule has 0 saturated carbocycles. The van der Waals surface area contributed by atoms with Gasteiger partial charge in [-0.3, -0.25) is 4.79 Å². The summed E-state index contributed by atoms with van der Waals surface area (Å²) in [7, 11) is 4.11. The van der Waals surface area contributed by atoms with Crippen LogP contribution in [0.1, 0.15) is 34.5 Å². The van der Waals surface area contributed by atoms with E-state index in [1.807, 2.05) is 18.2 Å². The standard InChI is InChI=1S/C22H25N3O4.ClH/c1-24(2)11-6-12-25-15-9-4-3-7-13(15)17-16(25)10-5-8-14-19(17)23-21(27)18(20(14)26)22(28)29;/h3-4,7,9H,5-6,8,10-12H2,1-2H3,(H,28,29)(H2,23,26,27);1H. The van der Waals surface area contributed by atoms with Gasteiger partial charge in [0.1, 0.15) is 5.75 Å². The number of aromatic nitrogens is 2. The van der Waals surface area contributed by atoms with E-state index in [4.69, 9.17) is 0 Å². The number of halogens is 1. The highest BCUT2D eigenvalue weighted by Crippen LogP contribution is 2.41. The number of aryl methyl sites for hydroxylation is 1. The van der Waals surface area contributed by atoms with Gasteiger partial charge in [-0.05, 0) is 52.4 Å². The van der Waals surface area contributed by atoms with Crippen LogP contribution in [0.15, 0.2) is 29.1 Å². The van der Waals surface area contributed by atoms with Crippen LogP contribution in [0.25, 0.3) is 22.2 Å². The number of rotatable bonds is 5. The molecule has 4 rings (SSSR count). The van der Waals surface area contributed by atoms with Crippen molar-refractivity contribution >= 4 is 29.3 Å². The molecule has 0 amide bonds. The molecular formula is C22H26ClN3O4. The molecular weight excluding hydrogens is 406 g/mol. The number of aromatic carboxylic acids is 1. The lowest BCUT2D eigenvalue weighted by atomic mass is 10.00. The summed E-state index contributed by atoms with van der Waals surface area (Å²) in [4.78, 5) is 28.9. The number of nitrogens with zero attached hydrogens (tertiary/aromatic N) is 2. The number of hydrogen-bond donors (Lipinski definition) is 3. The lowest BCUT2D eigenvalue weighted by Gasteiger charge is -2.13. The van der Waals surface area contributed by atoms with Gasteiger partial charge in [0.25, 0.3) is 5.56 Å². The number of carbonyl (C=O) groups is 1. The van der Waals surface area contributed by atoms with E-state index in [0.29, 0.717) is 17.7 Å². The highest BCUT2D eigenvalue weighted by atomic mass is 35.5. The molecule has 0 saturated heterocycles. The van der Waals surface area contributed by atoms with Gasteiger partial charge < -0.3 is 24.7 Å². The van der Waals surface area contributed by atoms with E-state index in [0.717, 1.165) is 54.5 Å². The summed E-state index contributed by atoms with van der Waals surface area (Å²) in [6.07, 6.45) is 3.07. The van der Waals surface area contributed by atoms with Crippen molar-refractivity contribution in [2.75, 3.05) is 20.6 Å². The molecule has 160 valence electrons. The number of pyridine rings is 1. The molecule has 0 aliphatic heterocycles. The summed E-state index contributed by atoms with van der Waals surface area (Å²) >= 11 is 0. The minimum atomic E-state index is -1.41. The van der Waals surface area contributed by atoms with Crippen molar-refractivity contribution in [2.45, 2.75) is 32.2 Å². The number of aromatic hydroxyl groups is 1. The molecule has 1 aromatic carbocycles. The summed E-state index contributed by atoms with van der Waals surface area (Å²) < 4.78 is 2.31. The van der Waals surface area contributed by atoms with Crippen LogP contribution in [-0.2, 0) is 19.4 Å². The zero-order valence-corrected chi connectivity index (χ0v) is 17.9. The van der Waals surface area contributed by atoms with Crippen LogP contribution in [0.5, 0.6) is 5.75 Å². The van der Waals surface area contributed by atoms with Gasteiger partial charge in [0.15, 0.2) is 5.56 Å². The van der Waals surface area contributed by atoms with E-state index in [2.05, 4.69) is 34.6 Å². The Morgan fingerprint density at radius 1 is 1.23 bits per heavy atom. The first-order valence-electron chi connectivity index (χ1n) is 9.86. The van der Waals surface area contributed by atoms with Crippen molar-refractivity contribution < 1.29 is 15.0 Å². The lowest BCUT2D eigenvalue weighted by molar-refractivity contribution is 0.0691. The number of benzene rings is 1. The van der Waals surface area contributed by atoms with Gasteiger partial charge in [0.05, 0.1) is 5.69 Å². The van der Waals surface area contributed by atoms with Crippen LogP contribution in [0.4, 0.5) is 0 Å². The van der Waals surface area contributed by atoms with Gasteiger partial charge in [-0.1, -0.05) is 18.2 Å². The third-order valence-electron chi connectivity index (χ3n) is 5.66. The smallest absolute Gasteiger partial charge is 0.345 e. The van der Waals surface area contributed by atoms with Gasteiger partial charge in [0, 0.05) is 34.3 Å². The molecule has 3 N–H and O–H groups in total. The zero-order valence-electron chi connectivity index (χ0n) is 17.1. The minimum absolute atomic E-state index is 0. The molecule has 2 heterocycles. The SMILES string of the molecule is CN(C)CCCn1c2c(c3ccccc31)-c1[nH]c(=O)c(C(=O)O)c(O)c1CCC2.Cl. The maximum absolute atomic E-state index is 12.5. The molecule has 0 unspecified atom stereocenters. The van der Waals surface area contributed by atoms with Crippen LogP contribution in [0.2, 0.25) is 0 Å². The van der Waals surface area contributed by atoms with Crippen molar-refractivity contribution in [3.05, 3.63) is 51.4 Å². The van der Waals surface area contributed by atoms with E-state index < -0.39 is 22.8 Å². The maximum atomic E-state index is 12.5. The van der Waals surface area contributed by atoms with Gasteiger partial charge >= 0.3 is 5.97 Å².